The molecule has 8 rings (SSSR count). The molecule has 6 atom stereocenters. The Morgan fingerprint density at radius 3 is 2.25 bits per heavy atom. The fourth-order valence-corrected chi connectivity index (χ4v) is 13.0. The van der Waals surface area contributed by atoms with Crippen LogP contribution in [0.2, 0.25) is 0 Å². The molecule has 4 saturated carbocycles. The molecule has 1 aromatic carbocycles. The number of carbonyl (C=O) groups excluding carboxylic acids is 5. The van der Waals surface area contributed by atoms with Crippen molar-refractivity contribution in [2.24, 2.45) is 28.1 Å². The van der Waals surface area contributed by atoms with Crippen LogP contribution in [0.1, 0.15) is 108 Å². The number of hydrogen-bond donors (Lipinski definition) is 4. The molecule has 14 nitrogen and oxygen atoms in total. The second-order valence-electron chi connectivity index (χ2n) is 18.9. The third kappa shape index (κ3) is 6.83. The predicted molar refractivity (Wildman–Crippen MR) is 226 cm³/mol. The molecule has 2 saturated heterocycles. The summed E-state index contributed by atoms with van der Waals surface area (Å²) in [6, 6.07) is 6.06. The second kappa shape index (κ2) is 15.4. The molecule has 2 aromatic rings. The number of likely N-dealkylation sites (tertiary alicyclic amines) is 1. The van der Waals surface area contributed by atoms with Gasteiger partial charge in [0.25, 0.3) is 11.8 Å². The van der Waals surface area contributed by atoms with E-state index in [-0.39, 0.29) is 35.1 Å². The zero-order valence-corrected chi connectivity index (χ0v) is 35.9. The molecule has 1 aromatic heterocycles. The summed E-state index contributed by atoms with van der Waals surface area (Å²) >= 11 is 0. The number of rotatable bonds is 13. The number of fused-ring (bicyclic) bond motifs is 2. The SMILES string of the molecule is C=C[C@@H]1C[C@]1(NC(=O)[C@@H]1C[C@@]2(CN1C(=O)[C@@H](NC(=O)[C@@H](NC(=O)c1cnc3ccccc3c1)C1CCCCC1)C(=C)C)C(C)(C)C21CCC1)C(=O)NS(=O)(=O)N1CCCC1. The lowest BCUT2D eigenvalue weighted by molar-refractivity contribution is -0.142. The molecular formula is C45H59N7O7S. The van der Waals surface area contributed by atoms with Gasteiger partial charge in [-0.2, -0.15) is 12.7 Å². The largest absolute Gasteiger partial charge is 0.340 e. The summed E-state index contributed by atoms with van der Waals surface area (Å²) in [7, 11) is -4.12. The van der Waals surface area contributed by atoms with Gasteiger partial charge in [0.1, 0.15) is 23.7 Å². The van der Waals surface area contributed by atoms with E-state index in [2.05, 4.69) is 52.7 Å². The summed E-state index contributed by atoms with van der Waals surface area (Å²) < 4.78 is 29.8. The average Bonchev–Trinajstić information content (AvgIpc) is 3.67. The molecule has 322 valence electrons. The number of pyridine rings is 1. The Kier molecular flexibility index (Phi) is 10.8. The molecule has 4 aliphatic carbocycles. The van der Waals surface area contributed by atoms with Crippen molar-refractivity contribution in [3.63, 3.8) is 0 Å². The quantitative estimate of drug-likeness (QED) is 0.215. The zero-order chi connectivity index (χ0) is 42.8. The van der Waals surface area contributed by atoms with E-state index in [4.69, 9.17) is 0 Å². The molecule has 3 heterocycles. The molecule has 60 heavy (non-hydrogen) atoms. The smallest absolute Gasteiger partial charge is 0.303 e. The standard InChI is InChI=1S/C45H59N7O7S/c1-6-32-24-45(32,41(57)50-60(58,59)51-21-12-13-22-51)49-38(54)34-25-44(42(4,5)43(44)19-14-20-43)27-52(34)40(56)35(28(2)3)47-39(55)36(29-15-8-7-9-16-29)48-37(53)31-23-30-17-10-11-18-33(30)46-26-31/h6,10-11,17-18,23,26,29,32,34-36H,1-2,7-9,12-16,19-22,24-25,27H2,3-5H3,(H,47,55)(H,48,53)(H,49,54)(H,50,57)/t32-,34+,35+,36+,44-,45-/m1/s1. The minimum absolute atomic E-state index is 0.0500. The Labute approximate surface area is 352 Å². The molecule has 15 heteroatoms. The number of aromatic nitrogens is 1. The van der Waals surface area contributed by atoms with Crippen LogP contribution in [0.15, 0.2) is 61.3 Å². The number of nitrogens with zero attached hydrogens (tertiary/aromatic N) is 3. The number of nitrogens with one attached hydrogen (secondary N) is 4. The van der Waals surface area contributed by atoms with Crippen LogP contribution < -0.4 is 20.7 Å². The van der Waals surface area contributed by atoms with Crippen LogP contribution in [-0.2, 0) is 29.4 Å². The molecule has 2 aliphatic heterocycles. The highest BCUT2D eigenvalue weighted by atomic mass is 32.2. The van der Waals surface area contributed by atoms with Crippen molar-refractivity contribution in [1.29, 1.82) is 0 Å². The van der Waals surface area contributed by atoms with Crippen LogP contribution >= 0.6 is 0 Å². The van der Waals surface area contributed by atoms with Gasteiger partial charge in [0.2, 0.25) is 17.7 Å². The first-order chi connectivity index (χ1) is 28.5. The van der Waals surface area contributed by atoms with Crippen molar-refractivity contribution >= 4 is 50.6 Å². The van der Waals surface area contributed by atoms with E-state index < -0.39 is 69.3 Å². The summed E-state index contributed by atoms with van der Waals surface area (Å²) in [5, 5.41) is 9.67. The summed E-state index contributed by atoms with van der Waals surface area (Å²) in [4.78, 5) is 77.8. The maximum Gasteiger partial charge on any atom is 0.303 e. The van der Waals surface area contributed by atoms with Crippen LogP contribution in [-0.4, -0.2) is 95.4 Å². The van der Waals surface area contributed by atoms with Gasteiger partial charge in [-0.05, 0) is 92.7 Å². The Morgan fingerprint density at radius 2 is 1.63 bits per heavy atom. The van der Waals surface area contributed by atoms with Gasteiger partial charge in [-0.1, -0.05) is 70.4 Å². The van der Waals surface area contributed by atoms with E-state index in [1.807, 2.05) is 24.3 Å². The number of hydrogen-bond acceptors (Lipinski definition) is 8. The summed E-state index contributed by atoms with van der Waals surface area (Å²) in [5.41, 5.74) is -0.716. The van der Waals surface area contributed by atoms with E-state index in [0.29, 0.717) is 43.5 Å². The lowest BCUT2D eigenvalue weighted by Gasteiger charge is -2.34. The fourth-order valence-electron chi connectivity index (χ4n) is 11.7. The third-order valence-electron chi connectivity index (χ3n) is 15.6. The first kappa shape index (κ1) is 42.1. The van der Waals surface area contributed by atoms with Crippen molar-refractivity contribution in [3.05, 3.63) is 66.9 Å². The maximum absolute atomic E-state index is 15.0. The lowest BCUT2D eigenvalue weighted by atomic mass is 9.73. The Morgan fingerprint density at radius 1 is 0.933 bits per heavy atom. The topological polar surface area (TPSA) is 187 Å². The van der Waals surface area contributed by atoms with Gasteiger partial charge in [-0.25, -0.2) is 4.72 Å². The number of amides is 5. The van der Waals surface area contributed by atoms with Gasteiger partial charge in [0, 0.05) is 42.6 Å². The normalized spacial score (nSPS) is 28.9. The molecule has 5 amide bonds. The van der Waals surface area contributed by atoms with Gasteiger partial charge >= 0.3 is 10.2 Å². The Hall–Kier alpha value is -4.63. The Balaban J connectivity index is 1.05. The molecular weight excluding hydrogens is 783 g/mol. The van der Waals surface area contributed by atoms with Crippen molar-refractivity contribution in [3.8, 4) is 0 Å². The van der Waals surface area contributed by atoms with E-state index in [1.54, 1.807) is 24.0 Å². The van der Waals surface area contributed by atoms with E-state index in [1.165, 1.54) is 10.5 Å². The summed E-state index contributed by atoms with van der Waals surface area (Å²) in [5.74, 6) is -3.51. The zero-order valence-electron chi connectivity index (χ0n) is 35.1. The highest BCUT2D eigenvalue weighted by Crippen LogP contribution is 2.88. The van der Waals surface area contributed by atoms with Crippen molar-refractivity contribution < 1.29 is 32.4 Å². The van der Waals surface area contributed by atoms with Crippen LogP contribution in [0.3, 0.4) is 0 Å². The maximum atomic E-state index is 15.0. The van der Waals surface area contributed by atoms with E-state index in [0.717, 1.165) is 62.3 Å². The van der Waals surface area contributed by atoms with Crippen LogP contribution in [0, 0.1) is 28.1 Å². The van der Waals surface area contributed by atoms with Gasteiger partial charge in [0.15, 0.2) is 0 Å². The van der Waals surface area contributed by atoms with E-state index >= 15 is 4.79 Å². The van der Waals surface area contributed by atoms with Gasteiger partial charge in [0.05, 0.1) is 11.1 Å². The number of benzene rings is 1. The van der Waals surface area contributed by atoms with Crippen LogP contribution in [0.4, 0.5) is 0 Å². The number of para-hydroxylation sites is 1. The molecule has 6 aliphatic rings. The molecule has 0 bridgehead atoms. The minimum atomic E-state index is -4.12. The molecule has 0 unspecified atom stereocenters. The fraction of sp³-hybridized carbons (Fsp3) is 0.600. The molecule has 4 N–H and O–H groups in total. The summed E-state index contributed by atoms with van der Waals surface area (Å²) in [6.45, 7) is 14.9. The first-order valence-electron chi connectivity index (χ1n) is 21.7. The monoisotopic (exact) mass is 841 g/mol. The van der Waals surface area contributed by atoms with Crippen molar-refractivity contribution in [2.75, 3.05) is 19.6 Å². The van der Waals surface area contributed by atoms with Crippen LogP contribution in [0.5, 0.6) is 0 Å². The molecule has 6 fully saturated rings. The van der Waals surface area contributed by atoms with Gasteiger partial charge in [-0.15, -0.1) is 6.58 Å². The van der Waals surface area contributed by atoms with E-state index in [9.17, 15) is 27.6 Å². The van der Waals surface area contributed by atoms with Crippen molar-refractivity contribution in [2.45, 2.75) is 121 Å². The first-order valence-corrected chi connectivity index (χ1v) is 23.1. The third-order valence-corrected chi connectivity index (χ3v) is 17.1. The van der Waals surface area contributed by atoms with Crippen molar-refractivity contribution in [1.82, 2.24) is 34.9 Å². The molecule has 0 radical (unpaired) electrons. The summed E-state index contributed by atoms with van der Waals surface area (Å²) in [6.07, 6.45) is 12.3. The lowest BCUT2D eigenvalue weighted by Crippen LogP contribution is -2.60. The molecule has 2 spiro atoms. The Bertz CT molecular complexity index is 2250. The minimum Gasteiger partial charge on any atom is -0.340 e. The highest BCUT2D eigenvalue weighted by Gasteiger charge is 2.85. The van der Waals surface area contributed by atoms with Gasteiger partial charge in [-0.3, -0.25) is 29.0 Å². The highest BCUT2D eigenvalue weighted by molar-refractivity contribution is 7.87. The van der Waals surface area contributed by atoms with Crippen LogP contribution in [0.25, 0.3) is 10.9 Å². The number of carbonyl (C=O) groups is 5. The predicted octanol–water partition coefficient (Wildman–Crippen LogP) is 4.29. The van der Waals surface area contributed by atoms with Gasteiger partial charge < -0.3 is 20.9 Å². The average molecular weight is 842 g/mol. The second-order valence-corrected chi connectivity index (χ2v) is 20.6.